The zero-order valence-electron chi connectivity index (χ0n) is 10.4. The molecular weight excluding hydrogens is 243 g/mol. The number of halogens is 3. The van der Waals surface area contributed by atoms with Gasteiger partial charge >= 0.3 is 6.18 Å². The molecule has 1 aromatic rings. The maximum absolute atomic E-state index is 12.7. The predicted octanol–water partition coefficient (Wildman–Crippen LogP) is 2.28. The second-order valence-corrected chi connectivity index (χ2v) is 4.90. The third-order valence-corrected chi connectivity index (χ3v) is 3.63. The first-order valence-corrected chi connectivity index (χ1v) is 6.24. The van der Waals surface area contributed by atoms with E-state index in [9.17, 15) is 13.2 Å². The first kappa shape index (κ1) is 13.4. The van der Waals surface area contributed by atoms with Crippen molar-refractivity contribution in [3.8, 4) is 0 Å². The topological polar surface area (TPSA) is 29.9 Å². The number of aromatic nitrogens is 2. The fraction of sp³-hybridized carbons (Fsp3) is 0.750. The lowest BCUT2D eigenvalue weighted by molar-refractivity contribution is -0.183. The Bertz CT molecular complexity index is 386. The molecule has 1 aliphatic heterocycles. The van der Waals surface area contributed by atoms with Crippen LogP contribution in [0.5, 0.6) is 0 Å². The molecule has 2 heterocycles. The van der Waals surface area contributed by atoms with Crippen molar-refractivity contribution >= 4 is 0 Å². The smallest absolute Gasteiger partial charge is 0.314 e. The van der Waals surface area contributed by atoms with Crippen molar-refractivity contribution in [2.75, 3.05) is 6.54 Å². The normalized spacial score (nSPS) is 25.3. The van der Waals surface area contributed by atoms with E-state index < -0.39 is 12.1 Å². The minimum absolute atomic E-state index is 0.0414. The van der Waals surface area contributed by atoms with Crippen LogP contribution in [-0.2, 0) is 13.5 Å². The van der Waals surface area contributed by atoms with Crippen molar-refractivity contribution in [3.05, 3.63) is 18.0 Å². The van der Waals surface area contributed by atoms with E-state index in [0.29, 0.717) is 6.54 Å². The molecule has 1 aliphatic rings. The summed E-state index contributed by atoms with van der Waals surface area (Å²) in [6.45, 7) is 0.459. The summed E-state index contributed by atoms with van der Waals surface area (Å²) in [4.78, 5) is 0. The summed E-state index contributed by atoms with van der Waals surface area (Å²) in [7, 11) is 1.85. The average Bonchev–Trinajstić information content (AvgIpc) is 2.72. The molecule has 102 valence electrons. The zero-order valence-corrected chi connectivity index (χ0v) is 10.4. The largest absolute Gasteiger partial charge is 0.391 e. The van der Waals surface area contributed by atoms with E-state index in [-0.39, 0.29) is 18.9 Å². The van der Waals surface area contributed by atoms with Gasteiger partial charge in [-0.3, -0.25) is 4.68 Å². The van der Waals surface area contributed by atoms with Crippen molar-refractivity contribution in [1.82, 2.24) is 15.1 Å². The van der Waals surface area contributed by atoms with Crippen LogP contribution in [0.2, 0.25) is 0 Å². The monoisotopic (exact) mass is 261 g/mol. The van der Waals surface area contributed by atoms with Gasteiger partial charge in [0.05, 0.1) is 5.92 Å². The Morgan fingerprint density at radius 1 is 1.50 bits per heavy atom. The highest BCUT2D eigenvalue weighted by atomic mass is 19.4. The number of aryl methyl sites for hydroxylation is 2. The van der Waals surface area contributed by atoms with Crippen LogP contribution in [0.4, 0.5) is 13.2 Å². The molecular formula is C12H18F3N3. The van der Waals surface area contributed by atoms with E-state index in [4.69, 9.17) is 0 Å². The van der Waals surface area contributed by atoms with Crippen molar-refractivity contribution in [3.63, 3.8) is 0 Å². The number of hydrogen-bond acceptors (Lipinski definition) is 2. The molecule has 0 saturated carbocycles. The molecule has 0 spiro atoms. The van der Waals surface area contributed by atoms with Crippen molar-refractivity contribution in [1.29, 1.82) is 0 Å². The first-order valence-electron chi connectivity index (χ1n) is 6.24. The van der Waals surface area contributed by atoms with E-state index in [0.717, 1.165) is 18.5 Å². The SMILES string of the molecule is Cn1nccc1CCC1CC(C(F)(F)F)CCN1. The summed E-state index contributed by atoms with van der Waals surface area (Å²) >= 11 is 0. The molecule has 1 aromatic heterocycles. The Balaban J connectivity index is 1.85. The van der Waals surface area contributed by atoms with Gasteiger partial charge in [-0.15, -0.1) is 0 Å². The molecule has 3 nitrogen and oxygen atoms in total. The number of rotatable bonds is 3. The Morgan fingerprint density at radius 3 is 2.89 bits per heavy atom. The van der Waals surface area contributed by atoms with Crippen LogP contribution in [0.1, 0.15) is 25.0 Å². The van der Waals surface area contributed by atoms with Crippen LogP contribution in [0.15, 0.2) is 12.3 Å². The van der Waals surface area contributed by atoms with Gasteiger partial charge in [-0.05, 0) is 38.3 Å². The molecule has 1 N–H and O–H groups in total. The molecule has 0 radical (unpaired) electrons. The lowest BCUT2D eigenvalue weighted by atomic mass is 9.89. The standard InChI is InChI=1S/C12H18F3N3/c1-18-11(5-7-17-18)3-2-10-8-9(4-6-16-10)12(13,14)15/h5,7,9-10,16H,2-4,6,8H2,1H3. The fourth-order valence-electron chi connectivity index (χ4n) is 2.49. The Morgan fingerprint density at radius 2 is 2.28 bits per heavy atom. The summed E-state index contributed by atoms with van der Waals surface area (Å²) in [5.74, 6) is -1.14. The van der Waals surface area contributed by atoms with Crippen LogP contribution in [0.3, 0.4) is 0 Å². The van der Waals surface area contributed by atoms with Crippen molar-refractivity contribution in [2.24, 2.45) is 13.0 Å². The molecule has 2 atom stereocenters. The minimum atomic E-state index is -4.05. The molecule has 0 amide bonds. The number of piperidine rings is 1. The van der Waals surface area contributed by atoms with Gasteiger partial charge < -0.3 is 5.32 Å². The van der Waals surface area contributed by atoms with Crippen LogP contribution < -0.4 is 5.32 Å². The van der Waals surface area contributed by atoms with Crippen LogP contribution >= 0.6 is 0 Å². The molecule has 0 aliphatic carbocycles. The molecule has 2 unspecified atom stereocenters. The highest BCUT2D eigenvalue weighted by Gasteiger charge is 2.41. The number of nitrogens with zero attached hydrogens (tertiary/aromatic N) is 2. The van der Waals surface area contributed by atoms with Gasteiger partial charge in [-0.2, -0.15) is 18.3 Å². The van der Waals surface area contributed by atoms with Gasteiger partial charge in [0.25, 0.3) is 0 Å². The molecule has 0 bridgehead atoms. The summed E-state index contributed by atoms with van der Waals surface area (Å²) < 4.78 is 39.7. The van der Waals surface area contributed by atoms with Crippen LogP contribution in [-0.4, -0.2) is 28.5 Å². The Labute approximate surface area is 104 Å². The highest BCUT2D eigenvalue weighted by Crippen LogP contribution is 2.34. The lowest BCUT2D eigenvalue weighted by Crippen LogP contribution is -2.43. The summed E-state index contributed by atoms with van der Waals surface area (Å²) in [5.41, 5.74) is 1.06. The molecule has 1 saturated heterocycles. The number of nitrogens with one attached hydrogen (secondary N) is 1. The van der Waals surface area contributed by atoms with E-state index in [2.05, 4.69) is 10.4 Å². The summed E-state index contributed by atoms with van der Waals surface area (Å²) in [5, 5.41) is 7.22. The van der Waals surface area contributed by atoms with Gasteiger partial charge in [0.1, 0.15) is 0 Å². The third-order valence-electron chi connectivity index (χ3n) is 3.63. The average molecular weight is 261 g/mol. The summed E-state index contributed by atoms with van der Waals surface area (Å²) in [6, 6.07) is 1.87. The van der Waals surface area contributed by atoms with Gasteiger partial charge in [0, 0.05) is 25.0 Å². The first-order chi connectivity index (χ1) is 8.47. The van der Waals surface area contributed by atoms with Crippen LogP contribution in [0, 0.1) is 5.92 Å². The maximum Gasteiger partial charge on any atom is 0.391 e. The van der Waals surface area contributed by atoms with E-state index in [1.54, 1.807) is 10.9 Å². The molecule has 1 fully saturated rings. The quantitative estimate of drug-likeness (QED) is 0.904. The maximum atomic E-state index is 12.7. The zero-order chi connectivity index (χ0) is 13.2. The van der Waals surface area contributed by atoms with Gasteiger partial charge in [0.15, 0.2) is 0 Å². The lowest BCUT2D eigenvalue weighted by Gasteiger charge is -2.31. The van der Waals surface area contributed by atoms with Gasteiger partial charge in [-0.1, -0.05) is 0 Å². The van der Waals surface area contributed by atoms with Crippen molar-refractivity contribution < 1.29 is 13.2 Å². The second kappa shape index (κ2) is 5.30. The highest BCUT2D eigenvalue weighted by molar-refractivity contribution is 5.00. The Hall–Kier alpha value is -1.04. The second-order valence-electron chi connectivity index (χ2n) is 4.90. The summed E-state index contributed by atoms with van der Waals surface area (Å²) in [6.07, 6.45) is -0.451. The third kappa shape index (κ3) is 3.25. The number of hydrogen-bond donors (Lipinski definition) is 1. The fourth-order valence-corrected chi connectivity index (χ4v) is 2.49. The van der Waals surface area contributed by atoms with E-state index in [1.807, 2.05) is 13.1 Å². The van der Waals surface area contributed by atoms with Crippen molar-refractivity contribution in [2.45, 2.75) is 37.9 Å². The van der Waals surface area contributed by atoms with Gasteiger partial charge in [0.2, 0.25) is 0 Å². The van der Waals surface area contributed by atoms with Gasteiger partial charge in [-0.25, -0.2) is 0 Å². The molecule has 2 rings (SSSR count). The minimum Gasteiger partial charge on any atom is -0.314 e. The van der Waals surface area contributed by atoms with E-state index in [1.165, 1.54) is 0 Å². The molecule has 18 heavy (non-hydrogen) atoms. The molecule has 0 aromatic carbocycles. The Kier molecular flexibility index (Phi) is 3.94. The predicted molar refractivity (Wildman–Crippen MR) is 62.1 cm³/mol. The molecule has 6 heteroatoms. The van der Waals surface area contributed by atoms with E-state index >= 15 is 0 Å². The van der Waals surface area contributed by atoms with Crippen LogP contribution in [0.25, 0.3) is 0 Å². The number of alkyl halides is 3.